The van der Waals surface area contributed by atoms with Crippen molar-refractivity contribution in [1.29, 1.82) is 0 Å². The predicted octanol–water partition coefficient (Wildman–Crippen LogP) is 1.60. The first-order chi connectivity index (χ1) is 6.79. The lowest BCUT2D eigenvalue weighted by Gasteiger charge is -2.11. The Hall–Kier alpha value is -1.29. The van der Waals surface area contributed by atoms with Gasteiger partial charge in [-0.2, -0.15) is 0 Å². The van der Waals surface area contributed by atoms with Crippen LogP contribution in [0.3, 0.4) is 0 Å². The Bertz CT molecular complexity index is 289. The van der Waals surface area contributed by atoms with Crippen molar-refractivity contribution in [2.75, 3.05) is 18.9 Å². The molecule has 1 aromatic heterocycles. The van der Waals surface area contributed by atoms with E-state index >= 15 is 0 Å². The fraction of sp³-hybridized carbons (Fsp3) is 0.500. The Labute approximate surface area is 84.0 Å². The Balaban J connectivity index is 2.83. The maximum atomic E-state index is 5.76. The molecule has 0 atom stereocenters. The number of pyridine rings is 1. The van der Waals surface area contributed by atoms with Crippen LogP contribution < -0.4 is 10.5 Å². The van der Waals surface area contributed by atoms with Crippen molar-refractivity contribution >= 4 is 5.69 Å². The minimum Gasteiger partial charge on any atom is -0.490 e. The summed E-state index contributed by atoms with van der Waals surface area (Å²) in [6, 6.07) is 1.72. The number of hydrogen-bond donors (Lipinski definition) is 1. The lowest BCUT2D eigenvalue weighted by molar-refractivity contribution is 0.128. The smallest absolute Gasteiger partial charge is 0.166 e. The van der Waals surface area contributed by atoms with Crippen LogP contribution in [0.25, 0.3) is 0 Å². The maximum Gasteiger partial charge on any atom is 0.166 e. The van der Waals surface area contributed by atoms with Gasteiger partial charge in [0.15, 0.2) is 5.75 Å². The van der Waals surface area contributed by atoms with Crippen molar-refractivity contribution in [2.24, 2.45) is 0 Å². The van der Waals surface area contributed by atoms with Crippen LogP contribution in [0.4, 0.5) is 5.69 Å². The molecule has 0 aromatic carbocycles. The summed E-state index contributed by atoms with van der Waals surface area (Å²) in [6.45, 7) is 5.53. The van der Waals surface area contributed by atoms with Gasteiger partial charge in [0.1, 0.15) is 5.69 Å². The van der Waals surface area contributed by atoms with E-state index in [0.29, 0.717) is 31.3 Å². The Morgan fingerprint density at radius 3 is 2.79 bits per heavy atom. The molecule has 0 aliphatic carbocycles. The third kappa shape index (κ3) is 2.60. The molecule has 0 saturated carbocycles. The molecule has 0 aliphatic rings. The number of rotatable bonds is 5. The molecule has 0 spiro atoms. The van der Waals surface area contributed by atoms with Crippen molar-refractivity contribution in [3.8, 4) is 5.75 Å². The van der Waals surface area contributed by atoms with Gasteiger partial charge in [0.2, 0.25) is 0 Å². The first-order valence-electron chi connectivity index (χ1n) is 4.73. The van der Waals surface area contributed by atoms with Gasteiger partial charge in [0.25, 0.3) is 0 Å². The molecule has 4 nitrogen and oxygen atoms in total. The Morgan fingerprint density at radius 1 is 1.36 bits per heavy atom. The fourth-order valence-corrected chi connectivity index (χ4v) is 1.12. The van der Waals surface area contributed by atoms with Gasteiger partial charge in [-0.3, -0.25) is 4.98 Å². The number of ether oxygens (including phenoxy) is 2. The molecule has 0 unspecified atom stereocenters. The van der Waals surface area contributed by atoms with Crippen LogP contribution in [0.5, 0.6) is 5.75 Å². The molecule has 0 fully saturated rings. The minimum absolute atomic E-state index is 0.441. The molecule has 0 radical (unpaired) electrons. The number of nitrogens with two attached hydrogens (primary N) is 1. The minimum atomic E-state index is 0.441. The molecule has 4 heteroatoms. The van der Waals surface area contributed by atoms with Crippen LogP contribution in [-0.4, -0.2) is 18.2 Å². The van der Waals surface area contributed by atoms with E-state index < -0.39 is 0 Å². The first kappa shape index (κ1) is 10.8. The van der Waals surface area contributed by atoms with Gasteiger partial charge in [-0.05, 0) is 19.9 Å². The second-order valence-corrected chi connectivity index (χ2v) is 2.75. The Kier molecular flexibility index (Phi) is 4.19. The van der Waals surface area contributed by atoms with Crippen LogP contribution >= 0.6 is 0 Å². The summed E-state index contributed by atoms with van der Waals surface area (Å²) in [5, 5.41) is 0. The molecule has 0 saturated heterocycles. The summed E-state index contributed by atoms with van der Waals surface area (Å²) in [5.41, 5.74) is 7.12. The highest BCUT2D eigenvalue weighted by Gasteiger charge is 2.08. The van der Waals surface area contributed by atoms with Gasteiger partial charge < -0.3 is 15.2 Å². The van der Waals surface area contributed by atoms with Gasteiger partial charge in [-0.25, -0.2) is 0 Å². The summed E-state index contributed by atoms with van der Waals surface area (Å²) >= 11 is 0. The maximum absolute atomic E-state index is 5.76. The molecular weight excluding hydrogens is 180 g/mol. The second-order valence-electron chi connectivity index (χ2n) is 2.75. The molecular formula is C10H16N2O2. The quantitative estimate of drug-likeness (QED) is 0.777. The van der Waals surface area contributed by atoms with Gasteiger partial charge in [-0.15, -0.1) is 0 Å². The summed E-state index contributed by atoms with van der Waals surface area (Å²) in [6.07, 6.45) is 1.66. The van der Waals surface area contributed by atoms with Crippen molar-refractivity contribution in [3.63, 3.8) is 0 Å². The van der Waals surface area contributed by atoms with Crippen LogP contribution in [0, 0.1) is 0 Å². The number of anilines is 1. The standard InChI is InChI=1S/C10H16N2O2/c1-3-13-7-9-10(14-4-2)8(11)5-6-12-9/h5-6H,3-4,7H2,1-2H3,(H2,11,12). The predicted molar refractivity (Wildman–Crippen MR) is 55.1 cm³/mol. The molecule has 1 rings (SSSR count). The van der Waals surface area contributed by atoms with E-state index in [9.17, 15) is 0 Å². The number of nitrogen functional groups attached to an aromatic ring is 1. The summed E-state index contributed by atoms with van der Waals surface area (Å²) in [5.74, 6) is 0.642. The average Bonchev–Trinajstić information content (AvgIpc) is 2.19. The van der Waals surface area contributed by atoms with Crippen molar-refractivity contribution in [2.45, 2.75) is 20.5 Å². The van der Waals surface area contributed by atoms with Crippen LogP contribution in [0.1, 0.15) is 19.5 Å². The van der Waals surface area contributed by atoms with Crippen molar-refractivity contribution < 1.29 is 9.47 Å². The van der Waals surface area contributed by atoms with Crippen molar-refractivity contribution in [3.05, 3.63) is 18.0 Å². The zero-order valence-corrected chi connectivity index (χ0v) is 8.62. The Morgan fingerprint density at radius 2 is 2.14 bits per heavy atom. The highest BCUT2D eigenvalue weighted by molar-refractivity contribution is 5.53. The molecule has 0 aliphatic heterocycles. The second kappa shape index (κ2) is 5.44. The molecule has 0 bridgehead atoms. The van der Waals surface area contributed by atoms with Crippen molar-refractivity contribution in [1.82, 2.24) is 4.98 Å². The number of aromatic nitrogens is 1. The summed E-state index contributed by atoms with van der Waals surface area (Å²) < 4.78 is 10.7. The lowest BCUT2D eigenvalue weighted by Crippen LogP contribution is -2.04. The SMILES string of the molecule is CCOCc1nccc(N)c1OCC. The number of nitrogens with zero attached hydrogens (tertiary/aromatic N) is 1. The third-order valence-corrected chi connectivity index (χ3v) is 1.74. The molecule has 2 N–H and O–H groups in total. The van der Waals surface area contributed by atoms with E-state index in [1.165, 1.54) is 0 Å². The van der Waals surface area contributed by atoms with Crippen LogP contribution in [0.15, 0.2) is 12.3 Å². The molecule has 1 aromatic rings. The van der Waals surface area contributed by atoms with Crippen LogP contribution in [-0.2, 0) is 11.3 Å². The topological polar surface area (TPSA) is 57.4 Å². The largest absolute Gasteiger partial charge is 0.490 e. The summed E-state index contributed by atoms with van der Waals surface area (Å²) in [4.78, 5) is 4.17. The molecule has 1 heterocycles. The van der Waals surface area contributed by atoms with Gasteiger partial charge in [0, 0.05) is 12.8 Å². The van der Waals surface area contributed by atoms with E-state index in [1.807, 2.05) is 13.8 Å². The highest BCUT2D eigenvalue weighted by atomic mass is 16.5. The average molecular weight is 196 g/mol. The first-order valence-corrected chi connectivity index (χ1v) is 4.73. The zero-order chi connectivity index (χ0) is 10.4. The molecule has 0 amide bonds. The lowest BCUT2D eigenvalue weighted by atomic mass is 10.3. The normalized spacial score (nSPS) is 10.1. The fourth-order valence-electron chi connectivity index (χ4n) is 1.12. The zero-order valence-electron chi connectivity index (χ0n) is 8.62. The van der Waals surface area contributed by atoms with Gasteiger partial charge in [0.05, 0.1) is 18.9 Å². The third-order valence-electron chi connectivity index (χ3n) is 1.74. The van der Waals surface area contributed by atoms with E-state index in [2.05, 4.69) is 4.98 Å². The van der Waals surface area contributed by atoms with E-state index in [1.54, 1.807) is 12.3 Å². The van der Waals surface area contributed by atoms with E-state index in [0.717, 1.165) is 5.69 Å². The number of hydrogen-bond acceptors (Lipinski definition) is 4. The van der Waals surface area contributed by atoms with Gasteiger partial charge >= 0.3 is 0 Å². The van der Waals surface area contributed by atoms with E-state index in [4.69, 9.17) is 15.2 Å². The molecule has 14 heavy (non-hydrogen) atoms. The van der Waals surface area contributed by atoms with E-state index in [-0.39, 0.29) is 0 Å². The monoisotopic (exact) mass is 196 g/mol. The van der Waals surface area contributed by atoms with Gasteiger partial charge in [-0.1, -0.05) is 0 Å². The molecule has 78 valence electrons. The van der Waals surface area contributed by atoms with Crippen LogP contribution in [0.2, 0.25) is 0 Å². The summed E-state index contributed by atoms with van der Waals surface area (Å²) in [7, 11) is 0. The highest BCUT2D eigenvalue weighted by Crippen LogP contribution is 2.24.